The molecule has 0 saturated carbocycles. The second-order valence-corrected chi connectivity index (χ2v) is 5.74. The van der Waals surface area contributed by atoms with Crippen molar-refractivity contribution in [3.63, 3.8) is 0 Å². The molecule has 0 fully saturated rings. The zero-order valence-corrected chi connectivity index (χ0v) is 11.9. The third-order valence-corrected chi connectivity index (χ3v) is 4.06. The normalized spacial score (nSPS) is 12.9. The summed E-state index contributed by atoms with van der Waals surface area (Å²) in [4.78, 5) is 5.69. The van der Waals surface area contributed by atoms with Gasteiger partial charge in [0.05, 0.1) is 16.4 Å². The number of hydrogen-bond donors (Lipinski definition) is 1. The molecular weight excluding hydrogens is 246 g/mol. The van der Waals surface area contributed by atoms with Gasteiger partial charge >= 0.3 is 0 Å². The van der Waals surface area contributed by atoms with Gasteiger partial charge in [0, 0.05) is 24.0 Å². The van der Waals surface area contributed by atoms with Crippen LogP contribution in [0, 0.1) is 13.8 Å². The van der Waals surface area contributed by atoms with E-state index in [0.29, 0.717) is 6.42 Å². The first-order valence-corrected chi connectivity index (χ1v) is 7.06. The molecule has 0 saturated heterocycles. The Morgan fingerprint density at radius 1 is 1.44 bits per heavy atom. The number of aromatic nitrogens is 3. The summed E-state index contributed by atoms with van der Waals surface area (Å²) < 4.78 is 1.87. The van der Waals surface area contributed by atoms with E-state index in [1.165, 1.54) is 4.88 Å². The monoisotopic (exact) mass is 265 g/mol. The zero-order chi connectivity index (χ0) is 13.1. The molecular formula is C13H19N3OS. The summed E-state index contributed by atoms with van der Waals surface area (Å²) in [6, 6.07) is 1.88. The van der Waals surface area contributed by atoms with Crippen LogP contribution in [-0.4, -0.2) is 19.9 Å². The van der Waals surface area contributed by atoms with Gasteiger partial charge in [0.1, 0.15) is 6.10 Å². The number of hydrogen-bond acceptors (Lipinski definition) is 4. The molecule has 0 bridgehead atoms. The number of thiazole rings is 1. The van der Waals surface area contributed by atoms with Gasteiger partial charge in [0.2, 0.25) is 0 Å². The van der Waals surface area contributed by atoms with E-state index in [-0.39, 0.29) is 0 Å². The van der Waals surface area contributed by atoms with Crippen LogP contribution in [0.4, 0.5) is 0 Å². The molecule has 0 aliphatic rings. The van der Waals surface area contributed by atoms with Crippen molar-refractivity contribution in [2.24, 2.45) is 0 Å². The minimum absolute atomic E-state index is 0.524. The number of nitrogens with zero attached hydrogens (tertiary/aromatic N) is 3. The van der Waals surface area contributed by atoms with E-state index in [2.05, 4.69) is 23.9 Å². The third-order valence-electron chi connectivity index (χ3n) is 2.97. The van der Waals surface area contributed by atoms with Crippen molar-refractivity contribution in [3.8, 4) is 0 Å². The Hall–Kier alpha value is -1.20. The van der Waals surface area contributed by atoms with Crippen molar-refractivity contribution in [1.82, 2.24) is 14.8 Å². The van der Waals surface area contributed by atoms with Gasteiger partial charge in [-0.05, 0) is 26.3 Å². The van der Waals surface area contributed by atoms with Crippen LogP contribution in [0.5, 0.6) is 0 Å². The maximum atomic E-state index is 10.3. The predicted molar refractivity (Wildman–Crippen MR) is 72.8 cm³/mol. The molecule has 4 nitrogen and oxygen atoms in total. The van der Waals surface area contributed by atoms with E-state index in [0.717, 1.165) is 29.4 Å². The number of aryl methyl sites for hydroxylation is 3. The molecule has 2 heterocycles. The molecule has 1 atom stereocenters. The molecule has 0 radical (unpaired) electrons. The van der Waals surface area contributed by atoms with E-state index in [9.17, 15) is 5.11 Å². The maximum Gasteiger partial charge on any atom is 0.102 e. The first-order chi connectivity index (χ1) is 8.61. The van der Waals surface area contributed by atoms with Crippen LogP contribution in [0.1, 0.15) is 40.7 Å². The molecule has 2 aromatic heterocycles. The van der Waals surface area contributed by atoms with Gasteiger partial charge in [-0.3, -0.25) is 4.68 Å². The lowest BCUT2D eigenvalue weighted by Crippen LogP contribution is -2.11. The average Bonchev–Trinajstić information content (AvgIpc) is 2.88. The van der Waals surface area contributed by atoms with Crippen LogP contribution in [-0.2, 0) is 13.0 Å². The summed E-state index contributed by atoms with van der Waals surface area (Å²) in [6.45, 7) is 7.01. The minimum Gasteiger partial charge on any atom is -0.386 e. The summed E-state index contributed by atoms with van der Waals surface area (Å²) >= 11 is 1.66. The number of aliphatic hydroxyl groups excluding tert-OH is 1. The molecule has 98 valence electrons. The molecule has 2 rings (SSSR count). The van der Waals surface area contributed by atoms with Gasteiger partial charge < -0.3 is 5.11 Å². The molecule has 0 amide bonds. The Balaban J connectivity index is 2.11. The highest BCUT2D eigenvalue weighted by molar-refractivity contribution is 7.11. The van der Waals surface area contributed by atoms with Crippen molar-refractivity contribution >= 4 is 11.3 Å². The Morgan fingerprint density at radius 2 is 2.22 bits per heavy atom. The lowest BCUT2D eigenvalue weighted by molar-refractivity contribution is 0.166. The van der Waals surface area contributed by atoms with Crippen LogP contribution < -0.4 is 0 Å². The highest BCUT2D eigenvalue weighted by Gasteiger charge is 2.16. The molecule has 0 aliphatic heterocycles. The van der Waals surface area contributed by atoms with E-state index in [1.54, 1.807) is 17.5 Å². The smallest absolute Gasteiger partial charge is 0.102 e. The van der Waals surface area contributed by atoms with Crippen molar-refractivity contribution in [1.29, 1.82) is 0 Å². The molecule has 0 spiro atoms. The molecule has 18 heavy (non-hydrogen) atoms. The van der Waals surface area contributed by atoms with E-state index < -0.39 is 6.10 Å². The number of rotatable bonds is 5. The lowest BCUT2D eigenvalue weighted by Gasteiger charge is -2.11. The highest BCUT2D eigenvalue weighted by Crippen LogP contribution is 2.23. The van der Waals surface area contributed by atoms with E-state index >= 15 is 0 Å². The van der Waals surface area contributed by atoms with Gasteiger partial charge in [-0.2, -0.15) is 5.10 Å². The predicted octanol–water partition coefficient (Wildman–Crippen LogP) is 2.64. The first kappa shape index (κ1) is 13.2. The Labute approximate surface area is 111 Å². The number of aliphatic hydroxyl groups is 1. The van der Waals surface area contributed by atoms with Crippen molar-refractivity contribution < 1.29 is 5.11 Å². The zero-order valence-electron chi connectivity index (χ0n) is 11.1. The second kappa shape index (κ2) is 5.63. The van der Waals surface area contributed by atoms with E-state index in [4.69, 9.17) is 0 Å². The topological polar surface area (TPSA) is 50.9 Å². The Bertz CT molecular complexity index is 499. The Kier molecular flexibility index (Phi) is 4.14. The molecule has 0 aliphatic carbocycles. The summed E-state index contributed by atoms with van der Waals surface area (Å²) in [6.07, 6.45) is 2.79. The third kappa shape index (κ3) is 2.79. The van der Waals surface area contributed by atoms with E-state index in [1.807, 2.05) is 17.7 Å². The maximum absolute atomic E-state index is 10.3. The van der Waals surface area contributed by atoms with Crippen LogP contribution in [0.25, 0.3) is 0 Å². The van der Waals surface area contributed by atoms with Gasteiger partial charge in [-0.1, -0.05) is 6.92 Å². The largest absolute Gasteiger partial charge is 0.386 e. The fourth-order valence-corrected chi connectivity index (χ4v) is 2.89. The molecule has 2 aromatic rings. The van der Waals surface area contributed by atoms with Crippen LogP contribution in [0.2, 0.25) is 0 Å². The van der Waals surface area contributed by atoms with Gasteiger partial charge in [0.25, 0.3) is 0 Å². The SMILES string of the molecule is CCCn1nccc1C(O)Cc1nc(C)c(C)s1. The summed E-state index contributed by atoms with van der Waals surface area (Å²) in [5.74, 6) is 0. The van der Waals surface area contributed by atoms with Crippen molar-refractivity contribution in [2.75, 3.05) is 0 Å². The van der Waals surface area contributed by atoms with Gasteiger partial charge in [-0.25, -0.2) is 4.98 Å². The fraction of sp³-hybridized carbons (Fsp3) is 0.538. The lowest BCUT2D eigenvalue weighted by atomic mass is 10.2. The van der Waals surface area contributed by atoms with Crippen molar-refractivity contribution in [3.05, 3.63) is 33.5 Å². The second-order valence-electron chi connectivity index (χ2n) is 4.45. The Morgan fingerprint density at radius 3 is 2.83 bits per heavy atom. The van der Waals surface area contributed by atoms with Gasteiger partial charge in [-0.15, -0.1) is 11.3 Å². The highest BCUT2D eigenvalue weighted by atomic mass is 32.1. The quantitative estimate of drug-likeness (QED) is 0.904. The molecule has 5 heteroatoms. The summed E-state index contributed by atoms with van der Waals surface area (Å²) in [5, 5.41) is 15.5. The van der Waals surface area contributed by atoms with Crippen LogP contribution >= 0.6 is 11.3 Å². The average molecular weight is 265 g/mol. The summed E-state index contributed by atoms with van der Waals surface area (Å²) in [5.41, 5.74) is 1.94. The standard InChI is InChI=1S/C13H19N3OS/c1-4-7-16-11(5-6-14-16)12(17)8-13-15-9(2)10(3)18-13/h5-6,12,17H,4,7-8H2,1-3H3. The van der Waals surface area contributed by atoms with Crippen molar-refractivity contribution in [2.45, 2.75) is 46.3 Å². The minimum atomic E-state index is -0.524. The summed E-state index contributed by atoms with van der Waals surface area (Å²) in [7, 11) is 0. The molecule has 1 N–H and O–H groups in total. The first-order valence-electron chi connectivity index (χ1n) is 6.24. The molecule has 0 aromatic carbocycles. The molecule has 1 unspecified atom stereocenters. The van der Waals surface area contributed by atoms with Crippen LogP contribution in [0.3, 0.4) is 0 Å². The van der Waals surface area contributed by atoms with Crippen LogP contribution in [0.15, 0.2) is 12.3 Å². The van der Waals surface area contributed by atoms with Gasteiger partial charge in [0.15, 0.2) is 0 Å². The fourth-order valence-electron chi connectivity index (χ4n) is 1.92.